The molecule has 1 aromatic heterocycles. The van der Waals surface area contributed by atoms with Crippen molar-refractivity contribution in [1.29, 1.82) is 0 Å². The highest BCUT2D eigenvalue weighted by Crippen LogP contribution is 2.45. The Kier molecular flexibility index (Phi) is 6.04. The van der Waals surface area contributed by atoms with E-state index in [-0.39, 0.29) is 17.9 Å². The molecule has 1 unspecified atom stereocenters. The molecule has 0 spiro atoms. The molecule has 1 saturated carbocycles. The van der Waals surface area contributed by atoms with Crippen molar-refractivity contribution in [3.63, 3.8) is 0 Å². The fraction of sp³-hybridized carbons (Fsp3) is 0.346. The van der Waals surface area contributed by atoms with Crippen LogP contribution >= 0.6 is 11.3 Å². The van der Waals surface area contributed by atoms with E-state index >= 15 is 0 Å². The van der Waals surface area contributed by atoms with E-state index in [2.05, 4.69) is 17.4 Å². The van der Waals surface area contributed by atoms with Gasteiger partial charge in [-0.05, 0) is 49.8 Å². The minimum Gasteiger partial charge on any atom is -0.350 e. The molecule has 6 heteroatoms. The number of amides is 2. The number of piperidine rings is 1. The van der Waals surface area contributed by atoms with Gasteiger partial charge in [-0.2, -0.15) is 0 Å². The smallest absolute Gasteiger partial charge is 0.274 e. The van der Waals surface area contributed by atoms with Crippen LogP contribution in [0.3, 0.4) is 0 Å². The molecular formula is C26H27N3O2S. The molecule has 0 bridgehead atoms. The second-order valence-electron chi connectivity index (χ2n) is 8.59. The highest BCUT2D eigenvalue weighted by molar-refractivity contribution is 7.15. The van der Waals surface area contributed by atoms with Gasteiger partial charge in [0.25, 0.3) is 11.8 Å². The highest BCUT2D eigenvalue weighted by Gasteiger charge is 2.34. The highest BCUT2D eigenvalue weighted by atomic mass is 32.1. The van der Waals surface area contributed by atoms with Crippen LogP contribution in [0.5, 0.6) is 0 Å². The number of aromatic nitrogens is 1. The van der Waals surface area contributed by atoms with E-state index in [0.717, 1.165) is 47.6 Å². The summed E-state index contributed by atoms with van der Waals surface area (Å²) in [7, 11) is 0. The van der Waals surface area contributed by atoms with E-state index in [1.165, 1.54) is 0 Å². The van der Waals surface area contributed by atoms with Crippen molar-refractivity contribution in [3.8, 4) is 10.4 Å². The van der Waals surface area contributed by atoms with Crippen LogP contribution in [0.4, 0.5) is 0 Å². The van der Waals surface area contributed by atoms with Crippen LogP contribution in [0.25, 0.3) is 10.4 Å². The second-order valence-corrected chi connectivity index (χ2v) is 9.62. The number of nitrogens with one attached hydrogen (secondary N) is 1. The van der Waals surface area contributed by atoms with E-state index in [9.17, 15) is 9.59 Å². The lowest BCUT2D eigenvalue weighted by Crippen LogP contribution is -2.49. The third kappa shape index (κ3) is 4.46. The fourth-order valence-electron chi connectivity index (χ4n) is 4.29. The summed E-state index contributed by atoms with van der Waals surface area (Å²) in [5.41, 5.74) is 2.26. The average Bonchev–Trinajstić information content (AvgIpc) is 3.61. The van der Waals surface area contributed by atoms with Gasteiger partial charge in [0.1, 0.15) is 5.69 Å². The topological polar surface area (TPSA) is 62.3 Å². The summed E-state index contributed by atoms with van der Waals surface area (Å²) in [5.74, 6) is 0.398. The molecule has 2 aliphatic rings. The zero-order valence-electron chi connectivity index (χ0n) is 18.0. The first-order valence-corrected chi connectivity index (χ1v) is 12.2. The lowest BCUT2D eigenvalue weighted by Gasteiger charge is -2.35. The Morgan fingerprint density at radius 2 is 1.69 bits per heavy atom. The molecule has 2 aromatic carbocycles. The van der Waals surface area contributed by atoms with E-state index in [1.54, 1.807) is 23.5 Å². The van der Waals surface area contributed by atoms with Gasteiger partial charge in [0.15, 0.2) is 0 Å². The number of likely N-dealkylation sites (tertiary alicyclic amines) is 1. The number of benzene rings is 2. The third-order valence-corrected chi connectivity index (χ3v) is 7.50. The molecule has 1 N–H and O–H groups in total. The largest absolute Gasteiger partial charge is 0.350 e. The Hall–Kier alpha value is -2.99. The quantitative estimate of drug-likeness (QED) is 0.573. The number of hydrogen-bond acceptors (Lipinski definition) is 4. The van der Waals surface area contributed by atoms with Crippen molar-refractivity contribution in [2.24, 2.45) is 0 Å². The predicted molar refractivity (Wildman–Crippen MR) is 127 cm³/mol. The molecule has 5 rings (SSSR count). The summed E-state index contributed by atoms with van der Waals surface area (Å²) >= 11 is 1.66. The first kappa shape index (κ1) is 20.9. The molecule has 0 radical (unpaired) electrons. The summed E-state index contributed by atoms with van der Waals surface area (Å²) in [5, 5.41) is 4.12. The predicted octanol–water partition coefficient (Wildman–Crippen LogP) is 5.11. The molecule has 2 fully saturated rings. The van der Waals surface area contributed by atoms with Crippen LogP contribution in [-0.4, -0.2) is 40.8 Å². The van der Waals surface area contributed by atoms with Crippen LogP contribution in [0.15, 0.2) is 60.7 Å². The van der Waals surface area contributed by atoms with Crippen LogP contribution in [0, 0.1) is 0 Å². The zero-order valence-corrected chi connectivity index (χ0v) is 18.8. The molecule has 1 aliphatic carbocycles. The Morgan fingerprint density at radius 3 is 2.41 bits per heavy atom. The molecule has 3 aromatic rings. The summed E-state index contributed by atoms with van der Waals surface area (Å²) in [6.45, 7) is 1.16. The molecule has 1 saturated heterocycles. The molecule has 2 heterocycles. The second kappa shape index (κ2) is 9.25. The van der Waals surface area contributed by atoms with Crippen LogP contribution in [-0.2, 0) is 0 Å². The number of carbonyl (C=O) groups is 2. The van der Waals surface area contributed by atoms with Crippen molar-refractivity contribution in [1.82, 2.24) is 15.2 Å². The first-order valence-electron chi connectivity index (χ1n) is 11.4. The Balaban J connectivity index is 1.37. The first-order chi connectivity index (χ1) is 15.7. The van der Waals surface area contributed by atoms with Crippen LogP contribution < -0.4 is 5.32 Å². The fourth-order valence-corrected chi connectivity index (χ4v) is 5.52. The van der Waals surface area contributed by atoms with Gasteiger partial charge < -0.3 is 10.2 Å². The molecule has 32 heavy (non-hydrogen) atoms. The van der Waals surface area contributed by atoms with E-state index in [4.69, 9.17) is 4.98 Å². The van der Waals surface area contributed by atoms with Gasteiger partial charge in [-0.3, -0.25) is 9.59 Å². The van der Waals surface area contributed by atoms with Crippen LogP contribution in [0.2, 0.25) is 0 Å². The molecule has 1 atom stereocenters. The number of carbonyl (C=O) groups excluding carboxylic acids is 2. The number of rotatable bonds is 6. The minimum absolute atomic E-state index is 0.00865. The lowest BCUT2D eigenvalue weighted by molar-refractivity contribution is 0.0598. The number of hydrogen-bond donors (Lipinski definition) is 1. The van der Waals surface area contributed by atoms with E-state index < -0.39 is 0 Å². The van der Waals surface area contributed by atoms with Crippen LogP contribution in [0.1, 0.15) is 63.9 Å². The Morgan fingerprint density at radius 1 is 0.969 bits per heavy atom. The summed E-state index contributed by atoms with van der Waals surface area (Å²) in [6, 6.07) is 19.3. The number of thiazole rings is 1. The third-order valence-electron chi connectivity index (χ3n) is 6.23. The maximum atomic E-state index is 13.7. The van der Waals surface area contributed by atoms with Crippen molar-refractivity contribution >= 4 is 23.2 Å². The maximum Gasteiger partial charge on any atom is 0.274 e. The SMILES string of the molecule is O=C(NCC1CCCCN1C(=O)c1nc(C2CC2)sc1-c1ccccc1)c1ccccc1. The normalized spacial score (nSPS) is 18.4. The molecule has 5 nitrogen and oxygen atoms in total. The maximum absolute atomic E-state index is 13.7. The monoisotopic (exact) mass is 445 g/mol. The minimum atomic E-state index is -0.0989. The van der Waals surface area contributed by atoms with E-state index in [0.29, 0.717) is 30.3 Å². The molecule has 164 valence electrons. The lowest BCUT2D eigenvalue weighted by atomic mass is 10.0. The van der Waals surface area contributed by atoms with Gasteiger partial charge >= 0.3 is 0 Å². The van der Waals surface area contributed by atoms with Gasteiger partial charge in [0, 0.05) is 30.6 Å². The van der Waals surface area contributed by atoms with Crippen molar-refractivity contribution in [2.75, 3.05) is 13.1 Å². The molecular weight excluding hydrogens is 418 g/mol. The van der Waals surface area contributed by atoms with Crippen molar-refractivity contribution < 1.29 is 9.59 Å². The van der Waals surface area contributed by atoms with Crippen molar-refractivity contribution in [2.45, 2.75) is 44.1 Å². The van der Waals surface area contributed by atoms with Crippen molar-refractivity contribution in [3.05, 3.63) is 76.9 Å². The summed E-state index contributed by atoms with van der Waals surface area (Å²) < 4.78 is 0. The van der Waals surface area contributed by atoms with Gasteiger partial charge in [-0.15, -0.1) is 11.3 Å². The number of nitrogens with zero attached hydrogens (tertiary/aromatic N) is 2. The molecule has 1 aliphatic heterocycles. The molecule has 2 amide bonds. The summed E-state index contributed by atoms with van der Waals surface area (Å²) in [4.78, 5) is 34.0. The van der Waals surface area contributed by atoms with Gasteiger partial charge in [-0.1, -0.05) is 48.5 Å². The van der Waals surface area contributed by atoms with Gasteiger partial charge in [0.2, 0.25) is 0 Å². The van der Waals surface area contributed by atoms with Gasteiger partial charge in [-0.25, -0.2) is 4.98 Å². The van der Waals surface area contributed by atoms with Gasteiger partial charge in [0.05, 0.1) is 9.88 Å². The Labute approximate surface area is 192 Å². The zero-order chi connectivity index (χ0) is 21.9. The van der Waals surface area contributed by atoms with E-state index in [1.807, 2.05) is 41.3 Å². The Bertz CT molecular complexity index is 1090. The standard InChI is InChI=1S/C26H27N3O2S/c30-24(19-11-5-2-6-12-19)27-17-21-13-7-8-16-29(21)26(31)22-23(18-9-3-1-4-10-18)32-25(28-22)20-14-15-20/h1-6,9-12,20-21H,7-8,13-17H2,(H,27,30). The average molecular weight is 446 g/mol. The summed E-state index contributed by atoms with van der Waals surface area (Å²) in [6.07, 6.45) is 5.25.